The fourth-order valence-corrected chi connectivity index (χ4v) is 3.14. The van der Waals surface area contributed by atoms with E-state index in [1.807, 2.05) is 12.1 Å². The number of anilines is 1. The third-order valence-electron chi connectivity index (χ3n) is 4.55. The van der Waals surface area contributed by atoms with Gasteiger partial charge in [-0.3, -0.25) is 5.32 Å². The van der Waals surface area contributed by atoms with Crippen molar-refractivity contribution in [2.45, 2.75) is 18.4 Å². The summed E-state index contributed by atoms with van der Waals surface area (Å²) in [4.78, 5) is 12.6. The lowest BCUT2D eigenvalue weighted by molar-refractivity contribution is 0.0418. The molecule has 2 amide bonds. The first-order valence-electron chi connectivity index (χ1n) is 8.32. The molecule has 2 aromatic rings. The summed E-state index contributed by atoms with van der Waals surface area (Å²) in [7, 11) is 3.28. The summed E-state index contributed by atoms with van der Waals surface area (Å²) >= 11 is 0. The lowest BCUT2D eigenvalue weighted by Gasteiger charge is -2.38. The van der Waals surface area contributed by atoms with E-state index in [2.05, 4.69) is 21.8 Å². The number of nitriles is 1. The lowest BCUT2D eigenvalue weighted by atomic mass is 9.82. The van der Waals surface area contributed by atoms with Gasteiger partial charge in [-0.1, -0.05) is 12.1 Å². The number of carbonyl (C=O) groups is 1. The number of carbonyl (C=O) groups excluding carboxylic acids is 1. The summed E-state index contributed by atoms with van der Waals surface area (Å²) < 4.78 is 12.2. The molecule has 1 aromatic heterocycles. The molecular formula is C18H21N5O3. The molecule has 3 rings (SSSR count). The number of amides is 2. The maximum atomic E-state index is 12.6. The minimum absolute atomic E-state index is 0.350. The van der Waals surface area contributed by atoms with Crippen molar-refractivity contribution in [2.75, 3.05) is 25.6 Å². The molecule has 2 heterocycles. The Hall–Kier alpha value is -3.05. The van der Waals surface area contributed by atoms with E-state index in [9.17, 15) is 4.79 Å². The van der Waals surface area contributed by atoms with Crippen LogP contribution in [0.4, 0.5) is 10.6 Å². The first-order valence-corrected chi connectivity index (χ1v) is 8.32. The van der Waals surface area contributed by atoms with Gasteiger partial charge < -0.3 is 14.8 Å². The molecule has 1 saturated heterocycles. The van der Waals surface area contributed by atoms with Gasteiger partial charge in [-0.2, -0.15) is 10.4 Å². The second-order valence-electron chi connectivity index (χ2n) is 6.16. The molecule has 1 aromatic carbocycles. The van der Waals surface area contributed by atoms with E-state index in [0.29, 0.717) is 43.3 Å². The number of rotatable bonds is 4. The highest BCUT2D eigenvalue weighted by atomic mass is 16.5. The Labute approximate surface area is 151 Å². The Morgan fingerprint density at radius 1 is 1.35 bits per heavy atom. The number of hydrogen-bond acceptors (Lipinski definition) is 5. The minimum Gasteiger partial charge on any atom is -0.481 e. The zero-order chi connectivity index (χ0) is 18.6. The third-order valence-corrected chi connectivity index (χ3v) is 4.55. The maximum Gasteiger partial charge on any atom is 0.321 e. The molecule has 26 heavy (non-hydrogen) atoms. The van der Waals surface area contributed by atoms with Gasteiger partial charge in [-0.25, -0.2) is 9.48 Å². The molecule has 8 nitrogen and oxygen atoms in total. The average Bonchev–Trinajstić information content (AvgIpc) is 3.01. The number of aryl methyl sites for hydroxylation is 1. The van der Waals surface area contributed by atoms with E-state index in [1.54, 1.807) is 37.0 Å². The monoisotopic (exact) mass is 355 g/mol. The van der Waals surface area contributed by atoms with Crippen LogP contribution in [-0.4, -0.2) is 36.1 Å². The molecule has 136 valence electrons. The summed E-state index contributed by atoms with van der Waals surface area (Å²) in [6.45, 7) is 1.11. The highest BCUT2D eigenvalue weighted by Crippen LogP contribution is 2.32. The van der Waals surface area contributed by atoms with Crippen LogP contribution in [0.15, 0.2) is 30.3 Å². The maximum absolute atomic E-state index is 12.6. The Bertz CT molecular complexity index is 816. The summed E-state index contributed by atoms with van der Waals surface area (Å²) in [5, 5.41) is 19.0. The SMILES string of the molecule is COc1cc(NC(=O)NC2(c3ccc(C#N)cc3)CCOCC2)nn1C. The van der Waals surface area contributed by atoms with Crippen molar-refractivity contribution in [3.63, 3.8) is 0 Å². The van der Waals surface area contributed by atoms with E-state index >= 15 is 0 Å². The molecule has 1 fully saturated rings. The molecule has 0 saturated carbocycles. The van der Waals surface area contributed by atoms with Gasteiger partial charge in [0.15, 0.2) is 5.82 Å². The molecule has 0 spiro atoms. The normalized spacial score (nSPS) is 15.7. The number of aromatic nitrogens is 2. The second kappa shape index (κ2) is 7.45. The van der Waals surface area contributed by atoms with Gasteiger partial charge in [0.1, 0.15) is 0 Å². The molecule has 1 aliphatic rings. The summed E-state index contributed by atoms with van der Waals surface area (Å²) in [5.41, 5.74) is 0.990. The fourth-order valence-electron chi connectivity index (χ4n) is 3.14. The van der Waals surface area contributed by atoms with E-state index in [4.69, 9.17) is 14.7 Å². The van der Waals surface area contributed by atoms with Crippen LogP contribution in [-0.2, 0) is 17.3 Å². The zero-order valence-corrected chi connectivity index (χ0v) is 14.8. The molecule has 2 N–H and O–H groups in total. The van der Waals surface area contributed by atoms with Crippen LogP contribution in [0.25, 0.3) is 0 Å². The van der Waals surface area contributed by atoms with Gasteiger partial charge >= 0.3 is 6.03 Å². The van der Waals surface area contributed by atoms with E-state index < -0.39 is 5.54 Å². The average molecular weight is 355 g/mol. The number of nitrogens with one attached hydrogen (secondary N) is 2. The number of benzene rings is 1. The highest BCUT2D eigenvalue weighted by Gasteiger charge is 2.36. The zero-order valence-electron chi connectivity index (χ0n) is 14.8. The predicted molar refractivity (Wildman–Crippen MR) is 94.8 cm³/mol. The van der Waals surface area contributed by atoms with Gasteiger partial charge in [0.05, 0.1) is 24.3 Å². The van der Waals surface area contributed by atoms with Crippen molar-refractivity contribution < 1.29 is 14.3 Å². The number of nitrogens with zero attached hydrogens (tertiary/aromatic N) is 3. The van der Waals surface area contributed by atoms with Crippen LogP contribution in [0.3, 0.4) is 0 Å². The van der Waals surface area contributed by atoms with Crippen molar-refractivity contribution in [1.82, 2.24) is 15.1 Å². The van der Waals surface area contributed by atoms with Crippen LogP contribution in [0.2, 0.25) is 0 Å². The second-order valence-corrected chi connectivity index (χ2v) is 6.16. The van der Waals surface area contributed by atoms with E-state index in [0.717, 1.165) is 5.56 Å². The topological polar surface area (TPSA) is 101 Å². The minimum atomic E-state index is -0.546. The smallest absolute Gasteiger partial charge is 0.321 e. The van der Waals surface area contributed by atoms with E-state index in [1.165, 1.54) is 0 Å². The lowest BCUT2D eigenvalue weighted by Crippen LogP contribution is -2.50. The first kappa shape index (κ1) is 17.8. The molecule has 0 unspecified atom stereocenters. The van der Waals surface area contributed by atoms with Crippen molar-refractivity contribution >= 4 is 11.8 Å². The molecule has 0 atom stereocenters. The molecule has 1 aliphatic heterocycles. The quantitative estimate of drug-likeness (QED) is 0.875. The Morgan fingerprint density at radius 2 is 2.04 bits per heavy atom. The molecule has 0 aliphatic carbocycles. The van der Waals surface area contributed by atoms with Crippen molar-refractivity contribution in [1.29, 1.82) is 5.26 Å². The van der Waals surface area contributed by atoms with Gasteiger partial charge in [0.2, 0.25) is 5.88 Å². The number of urea groups is 1. The van der Waals surface area contributed by atoms with Crippen molar-refractivity contribution in [3.05, 3.63) is 41.5 Å². The third kappa shape index (κ3) is 3.63. The standard InChI is InChI=1S/C18H21N5O3/c1-23-16(25-2)11-15(22-23)20-17(24)21-18(7-9-26-10-8-18)14-5-3-13(12-19)4-6-14/h3-6,11H,7-10H2,1-2H3,(H2,20,21,22,24). The van der Waals surface area contributed by atoms with E-state index in [-0.39, 0.29) is 6.03 Å². The predicted octanol–water partition coefficient (Wildman–Crippen LogP) is 2.13. The van der Waals surface area contributed by atoms with Crippen molar-refractivity contribution in [3.8, 4) is 11.9 Å². The Kier molecular flexibility index (Phi) is 5.09. The summed E-state index contributed by atoms with van der Waals surface area (Å²) in [6.07, 6.45) is 1.30. The van der Waals surface area contributed by atoms with Gasteiger partial charge in [0.25, 0.3) is 0 Å². The van der Waals surface area contributed by atoms with Crippen LogP contribution in [0.1, 0.15) is 24.0 Å². The molecular weight excluding hydrogens is 334 g/mol. The highest BCUT2D eigenvalue weighted by molar-refractivity contribution is 5.89. The van der Waals surface area contributed by atoms with Gasteiger partial charge in [-0.15, -0.1) is 0 Å². The first-order chi connectivity index (χ1) is 12.6. The van der Waals surface area contributed by atoms with Gasteiger partial charge in [-0.05, 0) is 30.5 Å². The summed E-state index contributed by atoms with van der Waals surface area (Å²) in [5.74, 6) is 0.956. The molecule has 0 radical (unpaired) electrons. The number of ether oxygens (including phenoxy) is 2. The Morgan fingerprint density at radius 3 is 2.62 bits per heavy atom. The van der Waals surface area contributed by atoms with Crippen LogP contribution in [0.5, 0.6) is 5.88 Å². The van der Waals surface area contributed by atoms with Crippen LogP contribution >= 0.6 is 0 Å². The largest absolute Gasteiger partial charge is 0.481 e. The van der Waals surface area contributed by atoms with Gasteiger partial charge in [0, 0.05) is 26.3 Å². The molecule has 8 heteroatoms. The molecule has 0 bridgehead atoms. The van der Waals surface area contributed by atoms with Crippen LogP contribution in [0, 0.1) is 11.3 Å². The number of hydrogen-bond donors (Lipinski definition) is 2. The Balaban J connectivity index is 1.79. The fraction of sp³-hybridized carbons (Fsp3) is 0.389. The summed E-state index contributed by atoms with van der Waals surface area (Å²) in [6, 6.07) is 10.7. The van der Waals surface area contributed by atoms with Crippen molar-refractivity contribution in [2.24, 2.45) is 7.05 Å². The number of methoxy groups -OCH3 is 1. The van der Waals surface area contributed by atoms with Crippen LogP contribution < -0.4 is 15.4 Å².